The number of rotatable bonds is 7. The summed E-state index contributed by atoms with van der Waals surface area (Å²) in [4.78, 5) is 2.00. The van der Waals surface area contributed by atoms with Gasteiger partial charge in [0.05, 0.1) is 0 Å². The van der Waals surface area contributed by atoms with E-state index in [4.69, 9.17) is 4.43 Å². The van der Waals surface area contributed by atoms with Gasteiger partial charge in [0.1, 0.15) is 0 Å². The topological polar surface area (TPSA) is 9.23 Å². The zero-order chi connectivity index (χ0) is 13.6. The van der Waals surface area contributed by atoms with E-state index in [2.05, 4.69) is 64.4 Å². The Morgan fingerprint density at radius 3 is 1.76 bits per heavy atom. The molecule has 0 fully saturated rings. The van der Waals surface area contributed by atoms with E-state index < -0.39 is 8.32 Å². The van der Waals surface area contributed by atoms with E-state index in [1.807, 2.05) is 4.99 Å². The van der Waals surface area contributed by atoms with Crippen LogP contribution in [0.25, 0.3) is 0 Å². The molecule has 0 N–H and O–H groups in total. The minimum Gasteiger partial charge on any atom is -0.416 e. The van der Waals surface area contributed by atoms with Crippen molar-refractivity contribution < 1.29 is 4.43 Å². The van der Waals surface area contributed by atoms with E-state index in [1.54, 1.807) is 0 Å². The molecule has 0 rings (SSSR count). The fraction of sp³-hybridized carbons (Fsp3) is 0.857. The maximum atomic E-state index is 6.46. The van der Waals surface area contributed by atoms with Crippen LogP contribution in [0.4, 0.5) is 0 Å². The molecule has 0 aromatic rings. The Kier molecular flexibility index (Phi) is 7.93. The molecule has 0 aliphatic rings. The van der Waals surface area contributed by atoms with Crippen molar-refractivity contribution in [1.82, 2.24) is 0 Å². The molecule has 0 spiro atoms. The summed E-state index contributed by atoms with van der Waals surface area (Å²) >= 11 is 3.38. The van der Waals surface area contributed by atoms with Crippen LogP contribution in [0.5, 0.6) is 0 Å². The molecule has 0 unspecified atom stereocenters. The predicted molar refractivity (Wildman–Crippen MR) is 84.3 cm³/mol. The molecule has 3 heteroatoms. The van der Waals surface area contributed by atoms with Crippen molar-refractivity contribution in [2.75, 3.05) is 6.61 Å². The summed E-state index contributed by atoms with van der Waals surface area (Å²) in [6, 6.07) is 0. The minimum absolute atomic E-state index is 0.677. The molecule has 0 radical (unpaired) electrons. The maximum absolute atomic E-state index is 6.46. The van der Waals surface area contributed by atoms with E-state index in [1.165, 1.54) is 5.57 Å². The fourth-order valence-corrected chi connectivity index (χ4v) is 8.63. The normalized spacial score (nSPS) is 14.2. The molecule has 0 aliphatic carbocycles. The highest BCUT2D eigenvalue weighted by atomic mass is 79.9. The van der Waals surface area contributed by atoms with E-state index in [9.17, 15) is 0 Å². The van der Waals surface area contributed by atoms with E-state index >= 15 is 0 Å². The minimum atomic E-state index is -1.65. The van der Waals surface area contributed by atoms with Gasteiger partial charge >= 0.3 is 0 Å². The first-order valence-corrected chi connectivity index (χ1v) is 9.74. The molecule has 0 saturated carbocycles. The summed E-state index contributed by atoms with van der Waals surface area (Å²) < 4.78 is 6.46. The maximum Gasteiger partial charge on any atom is 0.200 e. The van der Waals surface area contributed by atoms with Crippen LogP contribution < -0.4 is 0 Å². The molecule has 0 aliphatic heterocycles. The van der Waals surface area contributed by atoms with Gasteiger partial charge in [0.15, 0.2) is 8.32 Å². The number of halogens is 1. The zero-order valence-corrected chi connectivity index (χ0v) is 15.1. The lowest BCUT2D eigenvalue weighted by Crippen LogP contribution is -2.47. The van der Waals surface area contributed by atoms with Gasteiger partial charge in [-0.3, -0.25) is 0 Å². The predicted octanol–water partition coefficient (Wildman–Crippen LogP) is 5.87. The molecule has 0 saturated heterocycles. The van der Waals surface area contributed by atoms with Gasteiger partial charge < -0.3 is 4.43 Å². The molecule has 17 heavy (non-hydrogen) atoms. The second-order valence-corrected chi connectivity index (χ2v) is 11.8. The molecule has 0 bridgehead atoms. The van der Waals surface area contributed by atoms with Crippen LogP contribution in [0.1, 0.15) is 54.9 Å². The highest BCUT2D eigenvalue weighted by Crippen LogP contribution is 2.42. The Labute approximate surface area is 117 Å². The van der Waals surface area contributed by atoms with Gasteiger partial charge in [-0.05, 0) is 35.0 Å². The van der Waals surface area contributed by atoms with Crippen molar-refractivity contribution >= 4 is 24.2 Å². The first kappa shape index (κ1) is 17.4. The van der Waals surface area contributed by atoms with E-state index in [0.29, 0.717) is 16.6 Å². The molecule has 102 valence electrons. The summed E-state index contributed by atoms with van der Waals surface area (Å²) in [5.74, 6) is 0. The summed E-state index contributed by atoms with van der Waals surface area (Å²) in [6.07, 6.45) is 1.03. The Bertz CT molecular complexity index is 225. The van der Waals surface area contributed by atoms with Crippen molar-refractivity contribution in [3.05, 3.63) is 10.6 Å². The molecule has 0 heterocycles. The molecule has 0 atom stereocenters. The van der Waals surface area contributed by atoms with Gasteiger partial charge in [0.2, 0.25) is 0 Å². The molecule has 0 aromatic heterocycles. The third kappa shape index (κ3) is 4.53. The summed E-state index contributed by atoms with van der Waals surface area (Å²) in [6.45, 7) is 17.0. The average molecular weight is 321 g/mol. The van der Waals surface area contributed by atoms with Crippen molar-refractivity contribution in [3.63, 3.8) is 0 Å². The monoisotopic (exact) mass is 320 g/mol. The third-order valence-corrected chi connectivity index (χ3v) is 10.6. The van der Waals surface area contributed by atoms with Gasteiger partial charge in [-0.15, -0.1) is 0 Å². The Morgan fingerprint density at radius 2 is 1.47 bits per heavy atom. The first-order valence-electron chi connectivity index (χ1n) is 6.68. The van der Waals surface area contributed by atoms with Crippen molar-refractivity contribution in [3.8, 4) is 0 Å². The van der Waals surface area contributed by atoms with Crippen LogP contribution in [0.2, 0.25) is 16.6 Å². The highest BCUT2D eigenvalue weighted by Gasteiger charge is 2.44. The summed E-state index contributed by atoms with van der Waals surface area (Å²) in [5, 5.41) is 0. The van der Waals surface area contributed by atoms with Crippen molar-refractivity contribution in [2.45, 2.75) is 71.5 Å². The van der Waals surface area contributed by atoms with Gasteiger partial charge in [-0.1, -0.05) is 63.0 Å². The van der Waals surface area contributed by atoms with Gasteiger partial charge in [0, 0.05) is 6.61 Å². The summed E-state index contributed by atoms with van der Waals surface area (Å²) in [7, 11) is -1.65. The molecular weight excluding hydrogens is 292 g/mol. The van der Waals surface area contributed by atoms with E-state index in [-0.39, 0.29) is 0 Å². The number of hydrogen-bond donors (Lipinski definition) is 0. The van der Waals surface area contributed by atoms with E-state index in [0.717, 1.165) is 13.0 Å². The van der Waals surface area contributed by atoms with Gasteiger partial charge in [-0.2, -0.15) is 0 Å². The molecule has 1 nitrogen and oxygen atoms in total. The van der Waals surface area contributed by atoms with Gasteiger partial charge in [-0.25, -0.2) is 0 Å². The second kappa shape index (κ2) is 7.75. The van der Waals surface area contributed by atoms with Crippen LogP contribution in [0.15, 0.2) is 10.6 Å². The van der Waals surface area contributed by atoms with Crippen LogP contribution in [0, 0.1) is 0 Å². The molecule has 0 aromatic carbocycles. The Balaban J connectivity index is 4.71. The van der Waals surface area contributed by atoms with Crippen LogP contribution in [-0.2, 0) is 4.43 Å². The Morgan fingerprint density at radius 1 is 1.06 bits per heavy atom. The SMILES string of the molecule is CC(=CBr)CCO[Si](C(C)C)(C(C)C)C(C)C. The molecular formula is C14H29BrOSi. The lowest BCUT2D eigenvalue weighted by Gasteiger charge is -2.42. The highest BCUT2D eigenvalue weighted by molar-refractivity contribution is 9.11. The summed E-state index contributed by atoms with van der Waals surface area (Å²) in [5.41, 5.74) is 3.38. The largest absolute Gasteiger partial charge is 0.416 e. The van der Waals surface area contributed by atoms with Crippen LogP contribution >= 0.6 is 15.9 Å². The van der Waals surface area contributed by atoms with Crippen LogP contribution in [-0.4, -0.2) is 14.9 Å². The average Bonchev–Trinajstić information content (AvgIpc) is 2.22. The second-order valence-electron chi connectivity index (χ2n) is 5.87. The quantitative estimate of drug-likeness (QED) is 0.533. The van der Waals surface area contributed by atoms with Crippen molar-refractivity contribution in [1.29, 1.82) is 0 Å². The fourth-order valence-electron chi connectivity index (χ4n) is 2.94. The number of hydrogen-bond acceptors (Lipinski definition) is 1. The van der Waals surface area contributed by atoms with Gasteiger partial charge in [0.25, 0.3) is 0 Å². The first-order chi connectivity index (χ1) is 7.78. The Hall–Kier alpha value is 0.397. The van der Waals surface area contributed by atoms with Crippen molar-refractivity contribution in [2.24, 2.45) is 0 Å². The molecule has 0 amide bonds. The lowest BCUT2D eigenvalue weighted by molar-refractivity contribution is 0.281. The van der Waals surface area contributed by atoms with Crippen LogP contribution in [0.3, 0.4) is 0 Å². The zero-order valence-electron chi connectivity index (χ0n) is 12.5. The lowest BCUT2D eigenvalue weighted by atomic mass is 10.3. The third-order valence-electron chi connectivity index (χ3n) is 3.74. The smallest absolute Gasteiger partial charge is 0.200 e. The standard InChI is InChI=1S/C14H29BrOSi/c1-11(2)17(12(3)4,13(5)6)16-9-8-14(7)10-15/h10-13H,8-9H2,1-7H3.